The molecule has 4 rings (SSSR count). The number of rotatable bonds is 5. The summed E-state index contributed by atoms with van der Waals surface area (Å²) in [6.45, 7) is 0. The van der Waals surface area contributed by atoms with E-state index >= 15 is 0 Å². The summed E-state index contributed by atoms with van der Waals surface area (Å²) >= 11 is 0. The fourth-order valence-electron chi connectivity index (χ4n) is 3.76. The number of pyridine rings is 1. The first-order valence-electron chi connectivity index (χ1n) is 11.8. The number of methoxy groups -OCH3 is 1. The molecular formula is C29H27F3N2O5S. The molecule has 0 saturated carbocycles. The molecule has 0 saturated heterocycles. The number of carbonyl (C=O) groups excluding carboxylic acids is 1. The Balaban J connectivity index is 0.000000482. The standard InChI is InChI=1S/C28H27N2O2.CHF3O3S/c1-29(2)26-16-17-27-23(19-26)13-15-25(30(27)3)14-10-20-8-11-21(12-9-20)22-6-5-7-24(18-22)28(31)32-4;2-1(3,4)8(5,6)7/h5-19H,1-4H3;(H,5,6,7)/q+1;/p-1. The molecule has 0 unspecified atom stereocenters. The summed E-state index contributed by atoms with van der Waals surface area (Å²) < 4.78 is 65.9. The average molecular weight is 573 g/mol. The molecule has 0 radical (unpaired) electrons. The number of fused-ring (bicyclic) bond motifs is 1. The van der Waals surface area contributed by atoms with Crippen molar-refractivity contribution in [3.63, 3.8) is 0 Å². The van der Waals surface area contributed by atoms with E-state index in [1.807, 2.05) is 18.2 Å². The first kappa shape index (κ1) is 30.3. The summed E-state index contributed by atoms with van der Waals surface area (Å²) in [7, 11) is 1.51. The molecular weight excluding hydrogens is 545 g/mol. The van der Waals surface area contributed by atoms with Crippen LogP contribution in [-0.2, 0) is 21.9 Å². The first-order valence-corrected chi connectivity index (χ1v) is 13.2. The number of anilines is 1. The molecule has 0 bridgehead atoms. The van der Waals surface area contributed by atoms with E-state index in [0.29, 0.717) is 5.56 Å². The van der Waals surface area contributed by atoms with Crippen LogP contribution in [0.5, 0.6) is 0 Å². The van der Waals surface area contributed by atoms with Gasteiger partial charge < -0.3 is 14.2 Å². The molecule has 3 aromatic carbocycles. The molecule has 0 aliphatic rings. The summed E-state index contributed by atoms with van der Waals surface area (Å²) in [5.74, 6) is -0.326. The van der Waals surface area contributed by atoms with Crippen LogP contribution in [0.25, 0.3) is 34.2 Å². The van der Waals surface area contributed by atoms with Gasteiger partial charge in [0.15, 0.2) is 10.1 Å². The number of esters is 1. The van der Waals surface area contributed by atoms with Gasteiger partial charge in [0.2, 0.25) is 11.2 Å². The highest BCUT2D eigenvalue weighted by atomic mass is 32.2. The molecule has 1 aromatic heterocycles. The summed E-state index contributed by atoms with van der Waals surface area (Å²) in [6, 6.07) is 26.6. The maximum atomic E-state index is 11.8. The van der Waals surface area contributed by atoms with Gasteiger partial charge in [0, 0.05) is 43.4 Å². The number of carbonyl (C=O) groups is 1. The Labute approximate surface area is 230 Å². The topological polar surface area (TPSA) is 90.6 Å². The molecule has 210 valence electrons. The molecule has 40 heavy (non-hydrogen) atoms. The van der Waals surface area contributed by atoms with Crippen LogP contribution in [0, 0.1) is 0 Å². The maximum Gasteiger partial charge on any atom is 0.485 e. The van der Waals surface area contributed by atoms with E-state index in [0.717, 1.165) is 22.4 Å². The molecule has 1 heterocycles. The van der Waals surface area contributed by atoms with Gasteiger partial charge in [-0.25, -0.2) is 13.2 Å². The van der Waals surface area contributed by atoms with Crippen LogP contribution in [0.1, 0.15) is 21.6 Å². The molecule has 11 heteroatoms. The van der Waals surface area contributed by atoms with Gasteiger partial charge in [0.05, 0.1) is 12.7 Å². The van der Waals surface area contributed by atoms with Crippen molar-refractivity contribution in [2.45, 2.75) is 5.51 Å². The number of aromatic nitrogens is 1. The number of benzene rings is 3. The summed E-state index contributed by atoms with van der Waals surface area (Å²) in [6.07, 6.45) is 4.25. The van der Waals surface area contributed by atoms with Gasteiger partial charge in [0.1, 0.15) is 7.05 Å². The lowest BCUT2D eigenvalue weighted by Gasteiger charge is -2.12. The van der Waals surface area contributed by atoms with E-state index < -0.39 is 15.6 Å². The van der Waals surface area contributed by atoms with Crippen LogP contribution in [0.2, 0.25) is 0 Å². The molecule has 0 N–H and O–H groups in total. The van der Waals surface area contributed by atoms with E-state index in [4.69, 9.17) is 17.7 Å². The smallest absolute Gasteiger partial charge is 0.485 e. The zero-order chi connectivity index (χ0) is 29.7. The SMILES string of the molecule is COC(=O)c1cccc(-c2ccc(C=Cc3ccc4cc(N(C)C)ccc4[n+]3C)cc2)c1.O=S(=O)([O-])C(F)(F)F. The predicted molar refractivity (Wildman–Crippen MR) is 147 cm³/mol. The van der Waals surface area contributed by atoms with Gasteiger partial charge in [-0.15, -0.1) is 0 Å². The van der Waals surface area contributed by atoms with Gasteiger partial charge in [-0.2, -0.15) is 17.7 Å². The van der Waals surface area contributed by atoms with Gasteiger partial charge in [-0.3, -0.25) is 0 Å². The van der Waals surface area contributed by atoms with Crippen molar-refractivity contribution in [1.82, 2.24) is 0 Å². The predicted octanol–water partition coefficient (Wildman–Crippen LogP) is 5.41. The quantitative estimate of drug-likeness (QED) is 0.138. The summed E-state index contributed by atoms with van der Waals surface area (Å²) in [5, 5.41) is 1.22. The maximum absolute atomic E-state index is 11.8. The molecule has 7 nitrogen and oxygen atoms in total. The van der Waals surface area contributed by atoms with Crippen molar-refractivity contribution in [3.05, 3.63) is 95.7 Å². The number of hydrogen-bond acceptors (Lipinski definition) is 6. The van der Waals surface area contributed by atoms with Crippen LogP contribution in [0.4, 0.5) is 18.9 Å². The van der Waals surface area contributed by atoms with Gasteiger partial charge in [0.25, 0.3) is 0 Å². The third-order valence-electron chi connectivity index (χ3n) is 5.97. The van der Waals surface area contributed by atoms with Gasteiger partial charge >= 0.3 is 11.5 Å². The first-order chi connectivity index (χ1) is 18.7. The minimum atomic E-state index is -6.09. The number of aryl methyl sites for hydroxylation is 1. The summed E-state index contributed by atoms with van der Waals surface area (Å²) in [5.41, 5.74) is 1.58. The van der Waals surface area contributed by atoms with Crippen LogP contribution < -0.4 is 9.47 Å². The van der Waals surface area contributed by atoms with Crippen molar-refractivity contribution >= 4 is 44.8 Å². The average Bonchev–Trinajstić information content (AvgIpc) is 2.91. The van der Waals surface area contributed by atoms with E-state index in [2.05, 4.69) is 97.4 Å². The molecule has 0 aliphatic heterocycles. The van der Waals surface area contributed by atoms with Crippen molar-refractivity contribution < 1.29 is 40.2 Å². The number of alkyl halides is 3. The molecule has 0 spiro atoms. The van der Waals surface area contributed by atoms with Gasteiger partial charge in [-0.1, -0.05) is 36.4 Å². The minimum absolute atomic E-state index is 0.326. The Morgan fingerprint density at radius 2 is 1.57 bits per heavy atom. The fourth-order valence-corrected chi connectivity index (χ4v) is 3.76. The second-order valence-electron chi connectivity index (χ2n) is 8.88. The Morgan fingerprint density at radius 3 is 2.15 bits per heavy atom. The molecule has 0 atom stereocenters. The minimum Gasteiger partial charge on any atom is -0.741 e. The van der Waals surface area contributed by atoms with Crippen molar-refractivity contribution in [2.24, 2.45) is 7.05 Å². The second kappa shape index (κ2) is 12.3. The number of nitrogens with zero attached hydrogens (tertiary/aromatic N) is 2. The molecule has 0 fully saturated rings. The van der Waals surface area contributed by atoms with Crippen molar-refractivity contribution in [2.75, 3.05) is 26.1 Å². The Hall–Kier alpha value is -4.22. The zero-order valence-electron chi connectivity index (χ0n) is 22.1. The van der Waals surface area contributed by atoms with E-state index in [1.165, 1.54) is 23.7 Å². The van der Waals surface area contributed by atoms with Crippen LogP contribution >= 0.6 is 0 Å². The van der Waals surface area contributed by atoms with Crippen molar-refractivity contribution in [3.8, 4) is 11.1 Å². The van der Waals surface area contributed by atoms with Crippen molar-refractivity contribution in [1.29, 1.82) is 0 Å². The van der Waals surface area contributed by atoms with Crippen LogP contribution in [0.15, 0.2) is 78.9 Å². The molecule has 0 amide bonds. The van der Waals surface area contributed by atoms with E-state index in [-0.39, 0.29) is 5.97 Å². The number of ether oxygens (including phenoxy) is 1. The van der Waals surface area contributed by atoms with Crippen LogP contribution in [0.3, 0.4) is 0 Å². The Morgan fingerprint density at radius 1 is 0.925 bits per heavy atom. The second-order valence-corrected chi connectivity index (χ2v) is 10.3. The third kappa shape index (κ3) is 7.45. The number of hydrogen-bond donors (Lipinski definition) is 0. The Bertz CT molecular complexity index is 1650. The fraction of sp³-hybridized carbons (Fsp3) is 0.172. The molecule has 0 aliphatic carbocycles. The number of halogens is 3. The highest BCUT2D eigenvalue weighted by Crippen LogP contribution is 2.23. The highest BCUT2D eigenvalue weighted by molar-refractivity contribution is 7.86. The molecule has 4 aromatic rings. The largest absolute Gasteiger partial charge is 0.741 e. The Kier molecular flexibility index (Phi) is 9.33. The lowest BCUT2D eigenvalue weighted by atomic mass is 10.0. The lowest BCUT2D eigenvalue weighted by molar-refractivity contribution is -0.646. The lowest BCUT2D eigenvalue weighted by Crippen LogP contribution is -2.32. The van der Waals surface area contributed by atoms with Crippen LogP contribution in [-0.4, -0.2) is 45.7 Å². The van der Waals surface area contributed by atoms with E-state index in [1.54, 1.807) is 6.07 Å². The highest BCUT2D eigenvalue weighted by Gasteiger charge is 2.36. The normalized spacial score (nSPS) is 11.7. The zero-order valence-corrected chi connectivity index (χ0v) is 23.0. The monoisotopic (exact) mass is 572 g/mol. The van der Waals surface area contributed by atoms with Gasteiger partial charge in [-0.05, 0) is 53.1 Å². The van der Waals surface area contributed by atoms with E-state index in [9.17, 15) is 18.0 Å². The third-order valence-corrected chi connectivity index (χ3v) is 6.53. The summed E-state index contributed by atoms with van der Waals surface area (Å²) in [4.78, 5) is 13.9.